The summed E-state index contributed by atoms with van der Waals surface area (Å²) in [7, 11) is 1.60. The van der Waals surface area contributed by atoms with E-state index in [4.69, 9.17) is 4.74 Å². The average molecular weight is 357 g/mol. The van der Waals surface area contributed by atoms with Crippen molar-refractivity contribution in [1.29, 1.82) is 0 Å². The number of nitrogens with zero attached hydrogens (tertiary/aromatic N) is 2. The fraction of sp³-hybridized carbons (Fsp3) is 0.278. The maximum atomic E-state index is 12.4. The number of rotatable bonds is 6. The van der Waals surface area contributed by atoms with Crippen molar-refractivity contribution in [2.45, 2.75) is 25.3 Å². The third-order valence-corrected chi connectivity index (χ3v) is 4.98. The van der Waals surface area contributed by atoms with Gasteiger partial charge in [-0.2, -0.15) is 5.10 Å². The first-order chi connectivity index (χ1) is 12.1. The van der Waals surface area contributed by atoms with Crippen LogP contribution < -0.4 is 9.84 Å². The van der Waals surface area contributed by atoms with Crippen molar-refractivity contribution < 1.29 is 19.4 Å². The minimum Gasteiger partial charge on any atom is -0.550 e. The molecule has 3 rings (SSSR count). The van der Waals surface area contributed by atoms with E-state index in [0.717, 1.165) is 21.9 Å². The van der Waals surface area contributed by atoms with Gasteiger partial charge in [-0.1, -0.05) is 6.07 Å². The Morgan fingerprint density at radius 1 is 1.28 bits per heavy atom. The molecule has 2 aromatic rings. The van der Waals surface area contributed by atoms with Gasteiger partial charge < -0.3 is 14.6 Å². The predicted molar refractivity (Wildman–Crippen MR) is 92.3 cm³/mol. The molecular formula is C18H17N2O4S-. The molecule has 0 saturated carbocycles. The van der Waals surface area contributed by atoms with E-state index in [1.54, 1.807) is 18.4 Å². The monoisotopic (exact) mass is 357 g/mol. The number of benzene rings is 1. The SMILES string of the molecule is COc1ccc(C2=NN(C(=O)CCC(=O)[O-])[C@H](c3cccs3)C2)cc1. The van der Waals surface area contributed by atoms with E-state index in [2.05, 4.69) is 5.10 Å². The van der Waals surface area contributed by atoms with E-state index in [0.29, 0.717) is 6.42 Å². The molecule has 0 unspecified atom stereocenters. The molecule has 1 aliphatic heterocycles. The normalized spacial score (nSPS) is 16.6. The zero-order valence-corrected chi connectivity index (χ0v) is 14.5. The highest BCUT2D eigenvalue weighted by Crippen LogP contribution is 2.35. The average Bonchev–Trinajstić information content (AvgIpc) is 3.29. The van der Waals surface area contributed by atoms with Crippen molar-refractivity contribution in [2.75, 3.05) is 7.11 Å². The Kier molecular flexibility index (Phi) is 5.14. The summed E-state index contributed by atoms with van der Waals surface area (Å²) in [5.74, 6) is -0.801. The molecule has 1 amide bonds. The van der Waals surface area contributed by atoms with Crippen LogP contribution in [0.4, 0.5) is 0 Å². The molecule has 0 saturated heterocycles. The lowest BCUT2D eigenvalue weighted by atomic mass is 10.0. The van der Waals surface area contributed by atoms with Crippen molar-refractivity contribution in [3.8, 4) is 5.75 Å². The quantitative estimate of drug-likeness (QED) is 0.791. The second-order valence-corrected chi connectivity index (χ2v) is 6.60. The van der Waals surface area contributed by atoms with Gasteiger partial charge in [-0.05, 0) is 47.7 Å². The smallest absolute Gasteiger partial charge is 0.243 e. The topological polar surface area (TPSA) is 82.0 Å². The third kappa shape index (κ3) is 3.88. The van der Waals surface area contributed by atoms with Crippen LogP contribution in [0.3, 0.4) is 0 Å². The summed E-state index contributed by atoms with van der Waals surface area (Å²) in [6.45, 7) is 0. The number of carboxylic acid groups (broad SMARTS) is 1. The highest BCUT2D eigenvalue weighted by molar-refractivity contribution is 7.10. The zero-order chi connectivity index (χ0) is 17.8. The van der Waals surface area contributed by atoms with Crippen LogP contribution in [0.15, 0.2) is 46.9 Å². The molecular weight excluding hydrogens is 340 g/mol. The van der Waals surface area contributed by atoms with Crippen LogP contribution >= 0.6 is 11.3 Å². The summed E-state index contributed by atoms with van der Waals surface area (Å²) in [5, 5.41) is 18.5. The molecule has 7 heteroatoms. The van der Waals surface area contributed by atoms with Gasteiger partial charge in [0.25, 0.3) is 0 Å². The van der Waals surface area contributed by atoms with Crippen molar-refractivity contribution in [2.24, 2.45) is 5.10 Å². The molecule has 0 bridgehead atoms. The van der Waals surface area contributed by atoms with Gasteiger partial charge in [-0.25, -0.2) is 5.01 Å². The number of hydrazone groups is 1. The van der Waals surface area contributed by atoms with Gasteiger partial charge in [0.1, 0.15) is 5.75 Å². The summed E-state index contributed by atoms with van der Waals surface area (Å²) in [6, 6.07) is 11.2. The fourth-order valence-corrected chi connectivity index (χ4v) is 3.54. The number of hydrogen-bond donors (Lipinski definition) is 0. The standard InChI is InChI=1S/C18H18N2O4S/c1-24-13-6-4-12(5-7-13)14-11-15(16-3-2-10-25-16)20(19-14)17(21)8-9-18(22)23/h2-7,10,15H,8-9,11H2,1H3,(H,22,23)/p-1/t15-/m0/s1. The number of methoxy groups -OCH3 is 1. The Hall–Kier alpha value is -2.67. The van der Waals surface area contributed by atoms with Crippen molar-refractivity contribution in [3.63, 3.8) is 0 Å². The minimum absolute atomic E-state index is 0.121. The van der Waals surface area contributed by atoms with Crippen LogP contribution in [0.5, 0.6) is 5.75 Å². The lowest BCUT2D eigenvalue weighted by molar-refractivity contribution is -0.305. The number of hydrogen-bond acceptors (Lipinski definition) is 6. The van der Waals surface area contributed by atoms with Crippen LogP contribution in [0, 0.1) is 0 Å². The van der Waals surface area contributed by atoms with E-state index < -0.39 is 5.97 Å². The molecule has 1 aromatic heterocycles. The number of ether oxygens (including phenoxy) is 1. The van der Waals surface area contributed by atoms with E-state index in [1.807, 2.05) is 41.8 Å². The van der Waals surface area contributed by atoms with Crippen LogP contribution in [0.1, 0.15) is 35.7 Å². The molecule has 130 valence electrons. The Balaban J connectivity index is 1.85. The summed E-state index contributed by atoms with van der Waals surface area (Å²) < 4.78 is 5.16. The molecule has 0 fully saturated rings. The fourth-order valence-electron chi connectivity index (χ4n) is 2.72. The highest BCUT2D eigenvalue weighted by atomic mass is 32.1. The molecule has 25 heavy (non-hydrogen) atoms. The second-order valence-electron chi connectivity index (χ2n) is 5.62. The van der Waals surface area contributed by atoms with E-state index in [1.165, 1.54) is 5.01 Å². The van der Waals surface area contributed by atoms with E-state index in [-0.39, 0.29) is 24.8 Å². The first-order valence-corrected chi connectivity index (χ1v) is 8.73. The molecule has 1 aromatic carbocycles. The number of carbonyl (C=O) groups excluding carboxylic acids is 2. The number of aliphatic carboxylic acids is 1. The third-order valence-electron chi connectivity index (χ3n) is 4.00. The van der Waals surface area contributed by atoms with Gasteiger partial charge in [-0.15, -0.1) is 11.3 Å². The van der Waals surface area contributed by atoms with Crippen LogP contribution in [0.25, 0.3) is 0 Å². The van der Waals surface area contributed by atoms with Crippen LogP contribution in [-0.4, -0.2) is 29.7 Å². The second kappa shape index (κ2) is 7.48. The molecule has 0 radical (unpaired) electrons. The predicted octanol–water partition coefficient (Wildman–Crippen LogP) is 1.96. The largest absolute Gasteiger partial charge is 0.550 e. The lowest BCUT2D eigenvalue weighted by Gasteiger charge is -2.20. The highest BCUT2D eigenvalue weighted by Gasteiger charge is 2.33. The first kappa shape index (κ1) is 17.2. The summed E-state index contributed by atoms with van der Waals surface area (Å²) in [5.41, 5.74) is 1.71. The van der Waals surface area contributed by atoms with Crippen molar-refractivity contribution >= 4 is 28.9 Å². The van der Waals surface area contributed by atoms with E-state index >= 15 is 0 Å². The van der Waals surface area contributed by atoms with E-state index in [9.17, 15) is 14.7 Å². The summed E-state index contributed by atoms with van der Waals surface area (Å²) >= 11 is 1.55. The molecule has 0 aliphatic carbocycles. The molecule has 6 nitrogen and oxygen atoms in total. The van der Waals surface area contributed by atoms with Crippen molar-refractivity contribution in [3.05, 3.63) is 52.2 Å². The summed E-state index contributed by atoms with van der Waals surface area (Å²) in [4.78, 5) is 24.1. The van der Waals surface area contributed by atoms with Gasteiger partial charge in [0.15, 0.2) is 0 Å². The number of carbonyl (C=O) groups is 2. The maximum absolute atomic E-state index is 12.4. The number of amides is 1. The molecule has 2 heterocycles. The van der Waals surface area contributed by atoms with Crippen molar-refractivity contribution in [1.82, 2.24) is 5.01 Å². The molecule has 1 atom stereocenters. The Morgan fingerprint density at radius 3 is 2.64 bits per heavy atom. The Labute approximate surface area is 149 Å². The molecule has 1 aliphatic rings. The summed E-state index contributed by atoms with van der Waals surface area (Å²) in [6.07, 6.45) is 0.160. The molecule has 0 N–H and O–H groups in total. The molecule has 0 spiro atoms. The van der Waals surface area contributed by atoms with Gasteiger partial charge in [0.05, 0.1) is 18.9 Å². The van der Waals surface area contributed by atoms with Crippen LogP contribution in [-0.2, 0) is 9.59 Å². The minimum atomic E-state index is -1.24. The Morgan fingerprint density at radius 2 is 2.04 bits per heavy atom. The van der Waals surface area contributed by atoms with Crippen LogP contribution in [0.2, 0.25) is 0 Å². The van der Waals surface area contributed by atoms with Gasteiger partial charge in [-0.3, -0.25) is 4.79 Å². The van der Waals surface area contributed by atoms with Gasteiger partial charge in [0, 0.05) is 23.7 Å². The van der Waals surface area contributed by atoms with Gasteiger partial charge in [0.2, 0.25) is 5.91 Å². The number of carboxylic acids is 1. The Bertz CT molecular complexity index is 784. The maximum Gasteiger partial charge on any atom is 0.243 e. The van der Waals surface area contributed by atoms with Gasteiger partial charge >= 0.3 is 0 Å². The lowest BCUT2D eigenvalue weighted by Crippen LogP contribution is -2.29. The zero-order valence-electron chi connectivity index (χ0n) is 13.7. The number of thiophene rings is 1. The first-order valence-electron chi connectivity index (χ1n) is 7.85.